The molecule has 152 valence electrons. The van der Waals surface area contributed by atoms with Gasteiger partial charge in [-0.25, -0.2) is 9.37 Å². The fourth-order valence-corrected chi connectivity index (χ4v) is 4.58. The zero-order chi connectivity index (χ0) is 20.8. The SMILES string of the molecule is Cc1nc2c(sc3cccc(F)c32)c(=O)n1CC(=O)NCc1ccc2c(c1)OCO2. The van der Waals surface area contributed by atoms with Gasteiger partial charge in [-0.05, 0) is 36.8 Å². The zero-order valence-electron chi connectivity index (χ0n) is 15.9. The number of nitrogens with one attached hydrogen (secondary N) is 1. The molecule has 1 amide bonds. The molecule has 3 heterocycles. The Balaban J connectivity index is 1.39. The lowest BCUT2D eigenvalue weighted by Crippen LogP contribution is -2.33. The number of amides is 1. The Kier molecular flexibility index (Phi) is 4.39. The van der Waals surface area contributed by atoms with Gasteiger partial charge in [0.25, 0.3) is 5.56 Å². The fourth-order valence-electron chi connectivity index (χ4n) is 3.47. The van der Waals surface area contributed by atoms with E-state index >= 15 is 0 Å². The highest BCUT2D eigenvalue weighted by Crippen LogP contribution is 2.33. The minimum Gasteiger partial charge on any atom is -0.454 e. The van der Waals surface area contributed by atoms with Gasteiger partial charge in [-0.15, -0.1) is 11.3 Å². The number of fused-ring (bicyclic) bond motifs is 4. The first-order valence-electron chi connectivity index (χ1n) is 9.24. The van der Waals surface area contributed by atoms with Crippen LogP contribution in [0.25, 0.3) is 20.3 Å². The molecule has 0 bridgehead atoms. The highest BCUT2D eigenvalue weighted by atomic mass is 32.1. The highest BCUT2D eigenvalue weighted by molar-refractivity contribution is 7.25. The van der Waals surface area contributed by atoms with Crippen LogP contribution in [0.4, 0.5) is 4.39 Å². The number of carbonyl (C=O) groups is 1. The molecule has 1 aliphatic rings. The summed E-state index contributed by atoms with van der Waals surface area (Å²) in [6.45, 7) is 1.93. The van der Waals surface area contributed by atoms with Crippen molar-refractivity contribution < 1.29 is 18.7 Å². The molecule has 7 nitrogen and oxygen atoms in total. The molecule has 9 heteroatoms. The summed E-state index contributed by atoms with van der Waals surface area (Å²) in [5.41, 5.74) is 0.842. The van der Waals surface area contributed by atoms with Crippen molar-refractivity contribution in [2.75, 3.05) is 6.79 Å². The highest BCUT2D eigenvalue weighted by Gasteiger charge is 2.18. The van der Waals surface area contributed by atoms with Crippen LogP contribution in [0.2, 0.25) is 0 Å². The van der Waals surface area contributed by atoms with E-state index in [4.69, 9.17) is 9.47 Å². The summed E-state index contributed by atoms with van der Waals surface area (Å²) in [5, 5.41) is 3.14. The fraction of sp³-hybridized carbons (Fsp3) is 0.190. The van der Waals surface area contributed by atoms with Crippen molar-refractivity contribution in [2.24, 2.45) is 0 Å². The smallest absolute Gasteiger partial charge is 0.272 e. The lowest BCUT2D eigenvalue weighted by Gasteiger charge is -2.10. The van der Waals surface area contributed by atoms with Gasteiger partial charge in [0.05, 0.1) is 10.9 Å². The van der Waals surface area contributed by atoms with Gasteiger partial charge >= 0.3 is 0 Å². The Morgan fingerprint density at radius 1 is 1.27 bits per heavy atom. The first-order chi connectivity index (χ1) is 14.5. The Morgan fingerprint density at radius 2 is 2.10 bits per heavy atom. The number of hydrogen-bond acceptors (Lipinski definition) is 6. The number of aromatic nitrogens is 2. The van der Waals surface area contributed by atoms with Gasteiger partial charge in [-0.1, -0.05) is 12.1 Å². The van der Waals surface area contributed by atoms with Crippen molar-refractivity contribution in [3.8, 4) is 11.5 Å². The zero-order valence-corrected chi connectivity index (χ0v) is 16.7. The largest absolute Gasteiger partial charge is 0.454 e. The number of aryl methyl sites for hydroxylation is 1. The number of thiophene rings is 1. The molecular formula is C21H16FN3O4S. The average molecular weight is 425 g/mol. The Bertz CT molecular complexity index is 1380. The van der Waals surface area contributed by atoms with Crippen LogP contribution in [0.1, 0.15) is 11.4 Å². The van der Waals surface area contributed by atoms with Crippen molar-refractivity contribution in [1.82, 2.24) is 14.9 Å². The third kappa shape index (κ3) is 3.07. The third-order valence-corrected chi connectivity index (χ3v) is 6.10. The van der Waals surface area contributed by atoms with Crippen molar-refractivity contribution in [2.45, 2.75) is 20.0 Å². The third-order valence-electron chi connectivity index (χ3n) is 4.97. The normalized spacial score (nSPS) is 12.6. The van der Waals surface area contributed by atoms with Crippen LogP contribution in [0.3, 0.4) is 0 Å². The van der Waals surface area contributed by atoms with Gasteiger partial charge in [0.15, 0.2) is 11.5 Å². The van der Waals surface area contributed by atoms with Gasteiger partial charge in [0.1, 0.15) is 22.9 Å². The number of rotatable bonds is 4. The van der Waals surface area contributed by atoms with E-state index in [9.17, 15) is 14.0 Å². The van der Waals surface area contributed by atoms with Gasteiger partial charge in [0.2, 0.25) is 12.7 Å². The van der Waals surface area contributed by atoms with Crippen LogP contribution in [0.15, 0.2) is 41.2 Å². The van der Waals surface area contributed by atoms with Crippen LogP contribution >= 0.6 is 11.3 Å². The summed E-state index contributed by atoms with van der Waals surface area (Å²) in [4.78, 5) is 29.9. The Hall–Kier alpha value is -3.46. The molecule has 0 unspecified atom stereocenters. The van der Waals surface area contributed by atoms with Crippen LogP contribution < -0.4 is 20.3 Å². The maximum atomic E-state index is 14.2. The van der Waals surface area contributed by atoms with Gasteiger partial charge in [0, 0.05) is 11.2 Å². The van der Waals surface area contributed by atoms with Gasteiger partial charge in [-0.3, -0.25) is 14.2 Å². The number of benzene rings is 2. The quantitative estimate of drug-likeness (QED) is 0.543. The molecule has 0 radical (unpaired) electrons. The molecule has 0 saturated carbocycles. The minimum absolute atomic E-state index is 0.172. The molecule has 1 aliphatic heterocycles. The van der Waals surface area contributed by atoms with Crippen LogP contribution in [-0.4, -0.2) is 22.3 Å². The monoisotopic (exact) mass is 425 g/mol. The summed E-state index contributed by atoms with van der Waals surface area (Å²) in [5.74, 6) is 0.927. The number of ether oxygens (including phenoxy) is 2. The standard InChI is InChI=1S/C21H16FN3O4S/c1-11-24-19-18-13(22)3-2-4-16(18)30-20(19)21(27)25(11)9-17(26)23-8-12-5-6-14-15(7-12)29-10-28-14/h2-7H,8-10H2,1H3,(H,23,26). The second-order valence-corrected chi connectivity index (χ2v) is 7.96. The summed E-state index contributed by atoms with van der Waals surface area (Å²) >= 11 is 1.18. The van der Waals surface area contributed by atoms with E-state index < -0.39 is 5.82 Å². The molecule has 2 aromatic heterocycles. The minimum atomic E-state index is -0.413. The number of hydrogen-bond donors (Lipinski definition) is 1. The van der Waals surface area contributed by atoms with E-state index in [1.165, 1.54) is 22.0 Å². The predicted octanol–water partition coefficient (Wildman–Crippen LogP) is 3.10. The summed E-state index contributed by atoms with van der Waals surface area (Å²) in [6.07, 6.45) is 0. The molecule has 0 spiro atoms. The first kappa shape index (κ1) is 18.6. The predicted molar refractivity (Wildman–Crippen MR) is 110 cm³/mol. The molecular weight excluding hydrogens is 409 g/mol. The van der Waals surface area contributed by atoms with E-state index in [-0.39, 0.29) is 31.3 Å². The number of carbonyl (C=O) groups excluding carboxylic acids is 1. The van der Waals surface area contributed by atoms with E-state index in [1.807, 2.05) is 6.07 Å². The van der Waals surface area contributed by atoms with Crippen molar-refractivity contribution in [3.63, 3.8) is 0 Å². The lowest BCUT2D eigenvalue weighted by atomic mass is 10.2. The Morgan fingerprint density at radius 3 is 2.97 bits per heavy atom. The number of halogens is 1. The van der Waals surface area contributed by atoms with Gasteiger partial charge in [-0.2, -0.15) is 0 Å². The second kappa shape index (κ2) is 7.10. The van der Waals surface area contributed by atoms with Crippen LogP contribution in [0.5, 0.6) is 11.5 Å². The Labute approximate surface area is 173 Å². The second-order valence-electron chi connectivity index (χ2n) is 6.91. The average Bonchev–Trinajstić information content (AvgIpc) is 3.34. The van der Waals surface area contributed by atoms with Crippen molar-refractivity contribution >= 4 is 37.5 Å². The maximum absolute atomic E-state index is 14.2. The van der Waals surface area contributed by atoms with Crippen LogP contribution in [0, 0.1) is 12.7 Å². The molecule has 0 saturated heterocycles. The van der Waals surface area contributed by atoms with E-state index in [0.717, 1.165) is 5.56 Å². The number of nitrogens with zero attached hydrogens (tertiary/aromatic N) is 2. The summed E-state index contributed by atoms with van der Waals surface area (Å²) in [6, 6.07) is 10.1. The summed E-state index contributed by atoms with van der Waals surface area (Å²) < 4.78 is 27.1. The van der Waals surface area contributed by atoms with E-state index in [1.54, 1.807) is 31.2 Å². The van der Waals surface area contributed by atoms with Crippen molar-refractivity contribution in [1.29, 1.82) is 0 Å². The van der Waals surface area contributed by atoms with Crippen LogP contribution in [-0.2, 0) is 17.9 Å². The molecule has 1 N–H and O–H groups in total. The molecule has 5 rings (SSSR count). The van der Waals surface area contributed by atoms with Crippen molar-refractivity contribution in [3.05, 3.63) is 64.0 Å². The van der Waals surface area contributed by atoms with Gasteiger partial charge < -0.3 is 14.8 Å². The molecule has 4 aromatic rings. The van der Waals surface area contributed by atoms with E-state index in [0.29, 0.717) is 37.6 Å². The summed E-state index contributed by atoms with van der Waals surface area (Å²) in [7, 11) is 0. The van der Waals surface area contributed by atoms with E-state index in [2.05, 4.69) is 10.3 Å². The molecule has 0 fully saturated rings. The maximum Gasteiger partial charge on any atom is 0.272 e. The lowest BCUT2D eigenvalue weighted by molar-refractivity contribution is -0.121. The first-order valence-corrected chi connectivity index (χ1v) is 10.1. The topological polar surface area (TPSA) is 82.5 Å². The molecule has 30 heavy (non-hydrogen) atoms. The molecule has 0 aliphatic carbocycles. The molecule has 0 atom stereocenters. The molecule has 2 aromatic carbocycles.